The van der Waals surface area contributed by atoms with Gasteiger partial charge in [0.25, 0.3) is 0 Å². The maximum Gasteiger partial charge on any atom is 0.106 e. The van der Waals surface area contributed by atoms with Crippen LogP contribution in [-0.2, 0) is 0 Å². The SMILES string of the molecule is N#CCC(O)C(O)c1ccc2cc[nH]c2c1. The first kappa shape index (κ1) is 10.7. The van der Waals surface area contributed by atoms with Crippen LogP contribution in [0.2, 0.25) is 0 Å². The van der Waals surface area contributed by atoms with Gasteiger partial charge in [0, 0.05) is 11.7 Å². The second kappa shape index (κ2) is 4.35. The Morgan fingerprint density at radius 1 is 1.31 bits per heavy atom. The molecule has 4 nitrogen and oxygen atoms in total. The number of aliphatic hydroxyl groups excluding tert-OH is 2. The van der Waals surface area contributed by atoms with E-state index in [1.807, 2.05) is 24.4 Å². The molecule has 0 fully saturated rings. The molecular formula is C12H12N2O2. The fourth-order valence-electron chi connectivity index (χ4n) is 1.68. The average Bonchev–Trinajstić information content (AvgIpc) is 2.75. The zero-order valence-corrected chi connectivity index (χ0v) is 8.59. The second-order valence-electron chi connectivity index (χ2n) is 3.70. The molecule has 0 aliphatic rings. The van der Waals surface area contributed by atoms with Gasteiger partial charge in [0.05, 0.1) is 18.6 Å². The number of fused-ring (bicyclic) bond motifs is 1. The molecule has 1 aromatic heterocycles. The van der Waals surface area contributed by atoms with Crippen LogP contribution in [0.4, 0.5) is 0 Å². The third-order valence-electron chi connectivity index (χ3n) is 2.59. The molecule has 0 aliphatic carbocycles. The van der Waals surface area contributed by atoms with Crippen molar-refractivity contribution in [2.24, 2.45) is 0 Å². The Balaban J connectivity index is 2.29. The van der Waals surface area contributed by atoms with E-state index in [4.69, 9.17) is 5.26 Å². The van der Waals surface area contributed by atoms with Crippen molar-refractivity contribution < 1.29 is 10.2 Å². The van der Waals surface area contributed by atoms with Crippen LogP contribution < -0.4 is 0 Å². The largest absolute Gasteiger partial charge is 0.389 e. The molecule has 0 saturated carbocycles. The van der Waals surface area contributed by atoms with Gasteiger partial charge in [-0.25, -0.2) is 0 Å². The molecule has 0 amide bonds. The highest BCUT2D eigenvalue weighted by molar-refractivity contribution is 5.79. The summed E-state index contributed by atoms with van der Waals surface area (Å²) in [5.74, 6) is 0. The molecule has 2 unspecified atom stereocenters. The van der Waals surface area contributed by atoms with E-state index in [1.165, 1.54) is 0 Å². The van der Waals surface area contributed by atoms with E-state index < -0.39 is 12.2 Å². The molecule has 2 aromatic rings. The third kappa shape index (κ3) is 1.91. The normalized spacial score (nSPS) is 14.6. The molecule has 1 heterocycles. The molecule has 0 radical (unpaired) electrons. The van der Waals surface area contributed by atoms with Gasteiger partial charge >= 0.3 is 0 Å². The third-order valence-corrected chi connectivity index (χ3v) is 2.59. The van der Waals surface area contributed by atoms with Crippen LogP contribution in [0.1, 0.15) is 18.1 Å². The van der Waals surface area contributed by atoms with Crippen molar-refractivity contribution in [3.8, 4) is 6.07 Å². The summed E-state index contributed by atoms with van der Waals surface area (Å²) in [4.78, 5) is 3.03. The number of hydrogen-bond acceptors (Lipinski definition) is 3. The van der Waals surface area contributed by atoms with Crippen molar-refractivity contribution in [3.63, 3.8) is 0 Å². The van der Waals surface area contributed by atoms with Crippen LogP contribution in [-0.4, -0.2) is 21.3 Å². The van der Waals surface area contributed by atoms with Crippen molar-refractivity contribution in [2.75, 3.05) is 0 Å². The highest BCUT2D eigenvalue weighted by atomic mass is 16.3. The number of H-pyrrole nitrogens is 1. The number of nitrogens with zero attached hydrogens (tertiary/aromatic N) is 1. The summed E-state index contributed by atoms with van der Waals surface area (Å²) in [6.07, 6.45) is -0.332. The molecule has 0 spiro atoms. The van der Waals surface area contributed by atoms with E-state index in [0.717, 1.165) is 10.9 Å². The smallest absolute Gasteiger partial charge is 0.106 e. The number of hydrogen-bond donors (Lipinski definition) is 3. The van der Waals surface area contributed by atoms with Crippen molar-refractivity contribution in [1.29, 1.82) is 5.26 Å². The molecule has 2 rings (SSSR count). The van der Waals surface area contributed by atoms with Crippen LogP contribution in [0.15, 0.2) is 30.5 Å². The van der Waals surface area contributed by atoms with E-state index in [9.17, 15) is 10.2 Å². The highest BCUT2D eigenvalue weighted by Gasteiger charge is 2.18. The van der Waals surface area contributed by atoms with Crippen LogP contribution in [0.5, 0.6) is 0 Å². The van der Waals surface area contributed by atoms with Crippen molar-refractivity contribution in [2.45, 2.75) is 18.6 Å². The molecule has 3 N–H and O–H groups in total. The quantitative estimate of drug-likeness (QED) is 0.726. The number of nitrogens with one attached hydrogen (secondary N) is 1. The summed E-state index contributed by atoms with van der Waals surface area (Å²) >= 11 is 0. The summed E-state index contributed by atoms with van der Waals surface area (Å²) in [5.41, 5.74) is 1.51. The molecule has 0 saturated heterocycles. The van der Waals surface area contributed by atoms with Gasteiger partial charge in [0.1, 0.15) is 6.10 Å². The standard InChI is InChI=1S/C12H12N2O2/c13-5-3-11(15)12(16)9-2-1-8-4-6-14-10(8)7-9/h1-2,4,6-7,11-12,14-16H,3H2. The van der Waals surface area contributed by atoms with Gasteiger partial charge in [-0.3, -0.25) is 0 Å². The van der Waals surface area contributed by atoms with Crippen LogP contribution >= 0.6 is 0 Å². The number of aromatic nitrogens is 1. The number of aromatic amines is 1. The fraction of sp³-hybridized carbons (Fsp3) is 0.250. The van der Waals surface area contributed by atoms with Crippen molar-refractivity contribution in [1.82, 2.24) is 4.98 Å². The Hall–Kier alpha value is -1.83. The van der Waals surface area contributed by atoms with E-state index in [2.05, 4.69) is 4.98 Å². The van der Waals surface area contributed by atoms with Crippen molar-refractivity contribution in [3.05, 3.63) is 36.0 Å². The average molecular weight is 216 g/mol. The number of rotatable bonds is 3. The van der Waals surface area contributed by atoms with Crippen LogP contribution in [0, 0.1) is 11.3 Å². The lowest BCUT2D eigenvalue weighted by molar-refractivity contribution is 0.0217. The van der Waals surface area contributed by atoms with Gasteiger partial charge in [0.15, 0.2) is 0 Å². The molecule has 0 bridgehead atoms. The molecule has 2 atom stereocenters. The molecule has 4 heteroatoms. The van der Waals surface area contributed by atoms with Gasteiger partial charge in [-0.1, -0.05) is 12.1 Å². The topological polar surface area (TPSA) is 80.0 Å². The lowest BCUT2D eigenvalue weighted by atomic mass is 10.0. The fourth-order valence-corrected chi connectivity index (χ4v) is 1.68. The molecule has 0 aliphatic heterocycles. The van der Waals surface area contributed by atoms with Crippen LogP contribution in [0.3, 0.4) is 0 Å². The van der Waals surface area contributed by atoms with E-state index in [1.54, 1.807) is 12.1 Å². The molecule has 16 heavy (non-hydrogen) atoms. The Morgan fingerprint density at radius 3 is 2.88 bits per heavy atom. The minimum atomic E-state index is -1.04. The first-order valence-electron chi connectivity index (χ1n) is 5.02. The van der Waals surface area contributed by atoms with Gasteiger partial charge < -0.3 is 15.2 Å². The predicted molar refractivity (Wildman–Crippen MR) is 59.5 cm³/mol. The summed E-state index contributed by atoms with van der Waals surface area (Å²) < 4.78 is 0. The molecule has 1 aromatic carbocycles. The number of nitriles is 1. The maximum atomic E-state index is 9.80. The minimum absolute atomic E-state index is 0.0794. The zero-order chi connectivity index (χ0) is 11.5. The highest BCUT2D eigenvalue weighted by Crippen LogP contribution is 2.22. The molecular weight excluding hydrogens is 204 g/mol. The van der Waals surface area contributed by atoms with Crippen molar-refractivity contribution >= 4 is 10.9 Å². The summed E-state index contributed by atoms with van der Waals surface area (Å²) in [6.45, 7) is 0. The Kier molecular flexibility index (Phi) is 2.91. The van der Waals surface area contributed by atoms with E-state index >= 15 is 0 Å². The lowest BCUT2D eigenvalue weighted by Crippen LogP contribution is -2.17. The van der Waals surface area contributed by atoms with E-state index in [0.29, 0.717) is 5.56 Å². The van der Waals surface area contributed by atoms with Gasteiger partial charge in [-0.2, -0.15) is 5.26 Å². The Labute approximate surface area is 92.8 Å². The minimum Gasteiger partial charge on any atom is -0.389 e. The van der Waals surface area contributed by atoms with Gasteiger partial charge in [-0.15, -0.1) is 0 Å². The number of benzene rings is 1. The van der Waals surface area contributed by atoms with Gasteiger partial charge in [0.2, 0.25) is 0 Å². The number of aliphatic hydroxyl groups is 2. The lowest BCUT2D eigenvalue weighted by Gasteiger charge is -2.15. The van der Waals surface area contributed by atoms with Gasteiger partial charge in [-0.05, 0) is 23.1 Å². The van der Waals surface area contributed by atoms with Crippen LogP contribution in [0.25, 0.3) is 10.9 Å². The molecule has 82 valence electrons. The maximum absolute atomic E-state index is 9.80. The first-order chi connectivity index (χ1) is 7.72. The predicted octanol–water partition coefficient (Wildman–Crippen LogP) is 1.48. The Bertz CT molecular complexity index is 527. The summed E-state index contributed by atoms with van der Waals surface area (Å²) in [6, 6.07) is 9.15. The monoisotopic (exact) mass is 216 g/mol. The zero-order valence-electron chi connectivity index (χ0n) is 8.59. The van der Waals surface area contributed by atoms with E-state index in [-0.39, 0.29) is 6.42 Å². The summed E-state index contributed by atoms with van der Waals surface area (Å²) in [7, 11) is 0. The Morgan fingerprint density at radius 2 is 2.12 bits per heavy atom. The second-order valence-corrected chi connectivity index (χ2v) is 3.70. The first-order valence-corrected chi connectivity index (χ1v) is 5.02. The summed E-state index contributed by atoms with van der Waals surface area (Å²) in [5, 5.41) is 28.8.